The quantitative estimate of drug-likeness (QED) is 0.465. The Morgan fingerprint density at radius 3 is 2.68 bits per heavy atom. The zero-order chi connectivity index (χ0) is 23.5. The number of nitrogens with one attached hydrogen (secondary N) is 2. The summed E-state index contributed by atoms with van der Waals surface area (Å²) in [4.78, 5) is 3.97. The number of hydrogen-bond donors (Lipinski definition) is 2. The molecule has 34 heavy (non-hydrogen) atoms. The van der Waals surface area contributed by atoms with Crippen molar-refractivity contribution in [3.05, 3.63) is 77.7 Å². The van der Waals surface area contributed by atoms with Crippen molar-refractivity contribution in [2.75, 3.05) is 13.2 Å². The van der Waals surface area contributed by atoms with Crippen LogP contribution in [0.15, 0.2) is 66.1 Å². The molecule has 8 heteroatoms. The third-order valence-corrected chi connectivity index (χ3v) is 8.04. The summed E-state index contributed by atoms with van der Waals surface area (Å²) in [5, 5.41) is 3.78. The first-order chi connectivity index (χ1) is 16.5. The van der Waals surface area contributed by atoms with Gasteiger partial charge in [0.2, 0.25) is 0 Å². The lowest BCUT2D eigenvalue weighted by Gasteiger charge is -2.35. The molecule has 2 N–H and O–H groups in total. The van der Waals surface area contributed by atoms with E-state index < -0.39 is 10.0 Å². The van der Waals surface area contributed by atoms with E-state index in [2.05, 4.69) is 45.4 Å². The Bertz CT molecular complexity index is 1220. The SMILES string of the molecule is Cn1cnc(S(=O)(=O)NCc2ccc3c(c2)[C@H](Cc2ccccc2)[C@H](NCCC2CC2)CO3)c1. The number of ether oxygens (including phenoxy) is 1. The van der Waals surface area contributed by atoms with Crippen LogP contribution in [0.5, 0.6) is 5.75 Å². The number of benzene rings is 2. The Morgan fingerprint density at radius 1 is 1.12 bits per heavy atom. The lowest BCUT2D eigenvalue weighted by molar-refractivity contribution is 0.211. The van der Waals surface area contributed by atoms with Crippen LogP contribution in [0.4, 0.5) is 0 Å². The van der Waals surface area contributed by atoms with Crippen LogP contribution in [-0.4, -0.2) is 37.2 Å². The zero-order valence-electron chi connectivity index (χ0n) is 19.5. The molecule has 2 aliphatic rings. The molecule has 0 radical (unpaired) electrons. The molecular formula is C26H32N4O3S. The van der Waals surface area contributed by atoms with Crippen LogP contribution in [0.25, 0.3) is 0 Å². The number of nitrogens with zero attached hydrogens (tertiary/aromatic N) is 2. The minimum absolute atomic E-state index is 0.0261. The maximum absolute atomic E-state index is 12.6. The average Bonchev–Trinajstić information content (AvgIpc) is 3.56. The Morgan fingerprint density at radius 2 is 1.94 bits per heavy atom. The molecule has 1 aliphatic carbocycles. The van der Waals surface area contributed by atoms with Gasteiger partial charge in [-0.2, -0.15) is 0 Å². The predicted molar refractivity (Wildman–Crippen MR) is 131 cm³/mol. The molecule has 0 bridgehead atoms. The van der Waals surface area contributed by atoms with Crippen molar-refractivity contribution >= 4 is 10.0 Å². The van der Waals surface area contributed by atoms with Crippen LogP contribution in [0.2, 0.25) is 0 Å². The lowest BCUT2D eigenvalue weighted by atomic mass is 9.83. The highest BCUT2D eigenvalue weighted by Crippen LogP contribution is 2.37. The van der Waals surface area contributed by atoms with Crippen molar-refractivity contribution in [2.45, 2.75) is 49.2 Å². The highest BCUT2D eigenvalue weighted by molar-refractivity contribution is 7.89. The molecule has 1 aromatic heterocycles. The van der Waals surface area contributed by atoms with E-state index in [-0.39, 0.29) is 23.5 Å². The van der Waals surface area contributed by atoms with E-state index in [1.165, 1.54) is 37.4 Å². The van der Waals surface area contributed by atoms with Gasteiger partial charge in [0.1, 0.15) is 12.4 Å². The summed E-state index contributed by atoms with van der Waals surface area (Å²) < 4.78 is 35.7. The van der Waals surface area contributed by atoms with Gasteiger partial charge in [0, 0.05) is 31.7 Å². The van der Waals surface area contributed by atoms with Gasteiger partial charge in [-0.15, -0.1) is 0 Å². The van der Waals surface area contributed by atoms with Crippen molar-refractivity contribution in [3.8, 4) is 5.75 Å². The molecule has 1 saturated carbocycles. The number of rotatable bonds is 10. The largest absolute Gasteiger partial charge is 0.492 e. The average molecular weight is 481 g/mol. The fourth-order valence-corrected chi connectivity index (χ4v) is 5.62. The first kappa shape index (κ1) is 23.1. The summed E-state index contributed by atoms with van der Waals surface area (Å²) in [5.74, 6) is 2.02. The highest BCUT2D eigenvalue weighted by Gasteiger charge is 2.32. The Hall–Kier alpha value is -2.68. The van der Waals surface area contributed by atoms with Crippen LogP contribution < -0.4 is 14.8 Å². The van der Waals surface area contributed by atoms with Gasteiger partial charge in [0.15, 0.2) is 5.03 Å². The second-order valence-corrected chi connectivity index (χ2v) is 11.2. The Kier molecular flexibility index (Phi) is 6.72. The van der Waals surface area contributed by atoms with Crippen LogP contribution in [0.3, 0.4) is 0 Å². The fraction of sp³-hybridized carbons (Fsp3) is 0.423. The van der Waals surface area contributed by atoms with Gasteiger partial charge < -0.3 is 14.6 Å². The Balaban J connectivity index is 1.35. The summed E-state index contributed by atoms with van der Waals surface area (Å²) in [6.45, 7) is 1.84. The van der Waals surface area contributed by atoms with Gasteiger partial charge in [-0.25, -0.2) is 18.1 Å². The normalized spacial score (nSPS) is 20.0. The van der Waals surface area contributed by atoms with Crippen LogP contribution in [-0.2, 0) is 30.0 Å². The summed E-state index contributed by atoms with van der Waals surface area (Å²) in [6, 6.07) is 16.7. The van der Waals surface area contributed by atoms with Crippen LogP contribution in [0.1, 0.15) is 41.9 Å². The van der Waals surface area contributed by atoms with Crippen LogP contribution >= 0.6 is 0 Å². The van der Waals surface area contributed by atoms with E-state index in [1.807, 2.05) is 18.2 Å². The third-order valence-electron chi connectivity index (χ3n) is 6.76. The number of imidazole rings is 1. The minimum Gasteiger partial charge on any atom is -0.492 e. The summed E-state index contributed by atoms with van der Waals surface area (Å²) in [5.41, 5.74) is 3.32. The van der Waals surface area contributed by atoms with Gasteiger partial charge in [0.05, 0.1) is 6.33 Å². The third kappa shape index (κ3) is 5.51. The molecule has 7 nitrogen and oxygen atoms in total. The van der Waals surface area contributed by atoms with Gasteiger partial charge >= 0.3 is 0 Å². The second-order valence-electron chi connectivity index (χ2n) is 9.47. The minimum atomic E-state index is -3.67. The first-order valence-corrected chi connectivity index (χ1v) is 13.5. The van der Waals surface area contributed by atoms with Crippen molar-refractivity contribution in [3.63, 3.8) is 0 Å². The molecular weight excluding hydrogens is 448 g/mol. The molecule has 1 fully saturated rings. The fourth-order valence-electron chi connectivity index (χ4n) is 4.62. The van der Waals surface area contributed by atoms with E-state index >= 15 is 0 Å². The smallest absolute Gasteiger partial charge is 0.259 e. The number of aryl methyl sites for hydroxylation is 1. The summed E-state index contributed by atoms with van der Waals surface area (Å²) >= 11 is 0. The monoisotopic (exact) mass is 480 g/mol. The van der Waals surface area contributed by atoms with E-state index in [0.29, 0.717) is 6.61 Å². The van der Waals surface area contributed by atoms with Crippen molar-refractivity contribution in [2.24, 2.45) is 13.0 Å². The molecule has 2 atom stereocenters. The lowest BCUT2D eigenvalue weighted by Crippen LogP contribution is -2.44. The Labute approximate surface area is 201 Å². The number of aromatic nitrogens is 2. The van der Waals surface area contributed by atoms with Gasteiger partial charge in [-0.1, -0.05) is 55.3 Å². The van der Waals surface area contributed by atoms with Crippen LogP contribution in [0, 0.1) is 5.92 Å². The molecule has 2 heterocycles. The molecule has 0 saturated heterocycles. The number of fused-ring (bicyclic) bond motifs is 1. The zero-order valence-corrected chi connectivity index (χ0v) is 20.3. The van der Waals surface area contributed by atoms with E-state index in [4.69, 9.17) is 4.74 Å². The topological polar surface area (TPSA) is 85.2 Å². The molecule has 0 unspecified atom stereocenters. The molecule has 0 spiro atoms. The van der Waals surface area contributed by atoms with E-state index in [1.54, 1.807) is 11.6 Å². The van der Waals surface area contributed by atoms with Gasteiger partial charge in [0.25, 0.3) is 10.0 Å². The summed E-state index contributed by atoms with van der Waals surface area (Å²) in [6.07, 6.45) is 7.82. The molecule has 5 rings (SSSR count). The van der Waals surface area contributed by atoms with E-state index in [9.17, 15) is 8.42 Å². The van der Waals surface area contributed by atoms with Crippen molar-refractivity contribution < 1.29 is 13.2 Å². The second kappa shape index (κ2) is 9.90. The number of hydrogen-bond acceptors (Lipinski definition) is 5. The molecule has 3 aromatic rings. The summed E-state index contributed by atoms with van der Waals surface area (Å²) in [7, 11) is -1.92. The van der Waals surface area contributed by atoms with Gasteiger partial charge in [-0.3, -0.25) is 0 Å². The highest BCUT2D eigenvalue weighted by atomic mass is 32.2. The molecule has 180 valence electrons. The van der Waals surface area contributed by atoms with E-state index in [0.717, 1.165) is 35.8 Å². The predicted octanol–water partition coefficient (Wildman–Crippen LogP) is 3.38. The van der Waals surface area contributed by atoms with Crippen molar-refractivity contribution in [1.82, 2.24) is 19.6 Å². The first-order valence-electron chi connectivity index (χ1n) is 12.0. The molecule has 1 aliphatic heterocycles. The molecule has 0 amide bonds. The van der Waals surface area contributed by atoms with Crippen molar-refractivity contribution in [1.29, 1.82) is 0 Å². The number of sulfonamides is 1. The standard InChI is InChI=1S/C26H32N4O3S/c1-30-16-26(28-18-30)34(31,32)29-15-21-9-10-25-23(14-21)22(13-20-5-3-2-4-6-20)24(17-33-25)27-12-11-19-7-8-19/h2-6,9-10,14,16,18-19,22,24,27,29H,7-8,11-13,15,17H2,1H3/t22-,24+/m0/s1. The maximum Gasteiger partial charge on any atom is 0.259 e. The maximum atomic E-state index is 12.6. The molecule has 2 aromatic carbocycles. The van der Waals surface area contributed by atoms with Gasteiger partial charge in [-0.05, 0) is 48.1 Å².